The molecule has 0 saturated heterocycles. The second-order valence-corrected chi connectivity index (χ2v) is 11.7. The summed E-state index contributed by atoms with van der Waals surface area (Å²) in [7, 11) is -8.29. The molecule has 7 nitrogen and oxygen atoms in total. The molecule has 1 heterocycles. The molecule has 0 aliphatic carbocycles. The van der Waals surface area contributed by atoms with Crippen LogP contribution in [0, 0.1) is 13.8 Å². The molecule has 0 unspecified atom stereocenters. The molecule has 4 rings (SSSR count). The molecule has 0 atom stereocenters. The van der Waals surface area contributed by atoms with E-state index < -0.39 is 25.8 Å². The summed E-state index contributed by atoms with van der Waals surface area (Å²) in [5.41, 5.74) is 0.700. The molecule has 1 aromatic heterocycles. The third-order valence-corrected chi connectivity index (χ3v) is 9.03. The van der Waals surface area contributed by atoms with Crippen molar-refractivity contribution in [1.29, 1.82) is 0 Å². The summed E-state index contributed by atoms with van der Waals surface area (Å²) in [6, 6.07) is 21.7. The van der Waals surface area contributed by atoms with Gasteiger partial charge in [-0.15, -0.1) is 0 Å². The lowest BCUT2D eigenvalue weighted by molar-refractivity contribution is 0.103. The van der Waals surface area contributed by atoms with Gasteiger partial charge in [-0.1, -0.05) is 60.1 Å². The van der Waals surface area contributed by atoms with Crippen molar-refractivity contribution < 1.29 is 21.6 Å². The summed E-state index contributed by atoms with van der Waals surface area (Å²) in [4.78, 5) is 12.9. The van der Waals surface area contributed by atoms with Gasteiger partial charge >= 0.3 is 0 Å². The molecular weight excluding hydrogens is 508 g/mol. The minimum atomic E-state index is -4.27. The van der Waals surface area contributed by atoms with E-state index >= 15 is 0 Å². The highest BCUT2D eigenvalue weighted by Gasteiger charge is 2.29. The average molecular weight is 529 g/mol. The van der Waals surface area contributed by atoms with Crippen LogP contribution in [0.5, 0.6) is 0 Å². The molecule has 10 heteroatoms. The van der Waals surface area contributed by atoms with Crippen LogP contribution in [0.15, 0.2) is 94.7 Å². The zero-order chi connectivity index (χ0) is 25.4. The molecular formula is C25H21ClN2O5S2. The number of aryl methyl sites for hydroxylation is 1. The van der Waals surface area contributed by atoms with Gasteiger partial charge in [0.1, 0.15) is 4.90 Å². The highest BCUT2D eigenvalue weighted by Crippen LogP contribution is 2.30. The Kier molecular flexibility index (Phi) is 6.59. The quantitative estimate of drug-likeness (QED) is 0.339. The van der Waals surface area contributed by atoms with E-state index in [0.717, 1.165) is 3.97 Å². The molecule has 0 radical (unpaired) electrons. The fourth-order valence-corrected chi connectivity index (χ4v) is 7.01. The van der Waals surface area contributed by atoms with E-state index in [2.05, 4.69) is 4.72 Å². The minimum Gasteiger partial charge on any atom is -0.289 e. The zero-order valence-electron chi connectivity index (χ0n) is 18.8. The number of anilines is 1. The number of carbonyl (C=O) groups is 1. The summed E-state index contributed by atoms with van der Waals surface area (Å²) in [6.45, 7) is 2.93. The molecule has 0 fully saturated rings. The van der Waals surface area contributed by atoms with Crippen LogP contribution in [-0.2, 0) is 20.0 Å². The lowest BCUT2D eigenvalue weighted by Crippen LogP contribution is -2.19. The Labute approximate surface area is 209 Å². The molecule has 4 aromatic rings. The van der Waals surface area contributed by atoms with Crippen LogP contribution in [0.4, 0.5) is 5.69 Å². The Morgan fingerprint density at radius 2 is 1.43 bits per heavy atom. The fourth-order valence-electron chi connectivity index (χ4n) is 3.80. The van der Waals surface area contributed by atoms with Gasteiger partial charge in [0.15, 0.2) is 5.78 Å². The van der Waals surface area contributed by atoms with Crippen LogP contribution >= 0.6 is 11.6 Å². The first-order valence-electron chi connectivity index (χ1n) is 10.4. The highest BCUT2D eigenvalue weighted by molar-refractivity contribution is 7.93. The van der Waals surface area contributed by atoms with Gasteiger partial charge in [0.25, 0.3) is 20.0 Å². The second-order valence-electron chi connectivity index (χ2n) is 7.81. The number of nitrogens with zero attached hydrogens (tertiary/aromatic N) is 1. The van der Waals surface area contributed by atoms with Crippen molar-refractivity contribution >= 4 is 43.1 Å². The van der Waals surface area contributed by atoms with Crippen molar-refractivity contribution in [3.63, 3.8) is 0 Å². The van der Waals surface area contributed by atoms with Crippen LogP contribution in [0.2, 0.25) is 5.02 Å². The minimum absolute atomic E-state index is 0.0174. The molecule has 0 bridgehead atoms. The molecule has 0 spiro atoms. The largest absolute Gasteiger partial charge is 0.289 e. The predicted octanol–water partition coefficient (Wildman–Crippen LogP) is 5.03. The van der Waals surface area contributed by atoms with Crippen LogP contribution < -0.4 is 4.72 Å². The topological polar surface area (TPSA) is 102 Å². The van der Waals surface area contributed by atoms with E-state index in [1.807, 2.05) is 0 Å². The Balaban J connectivity index is 1.77. The van der Waals surface area contributed by atoms with Crippen LogP contribution in [0.25, 0.3) is 0 Å². The molecule has 0 amide bonds. The summed E-state index contributed by atoms with van der Waals surface area (Å²) in [5, 5.41) is 0.263. The van der Waals surface area contributed by atoms with Crippen molar-refractivity contribution in [2.45, 2.75) is 23.6 Å². The number of ketones is 1. The van der Waals surface area contributed by atoms with E-state index in [4.69, 9.17) is 11.6 Å². The summed E-state index contributed by atoms with van der Waals surface area (Å²) >= 11 is 6.09. The summed E-state index contributed by atoms with van der Waals surface area (Å²) in [5.74, 6) is -0.414. The second kappa shape index (κ2) is 9.33. The third-order valence-electron chi connectivity index (χ3n) is 5.40. The number of hydrogen-bond donors (Lipinski definition) is 1. The lowest BCUT2D eigenvalue weighted by atomic mass is 10.0. The van der Waals surface area contributed by atoms with Gasteiger partial charge in [0.2, 0.25) is 0 Å². The molecule has 0 aliphatic heterocycles. The first-order chi connectivity index (χ1) is 16.5. The number of carbonyl (C=O) groups excluding carboxylic acids is 1. The summed E-state index contributed by atoms with van der Waals surface area (Å²) < 4.78 is 56.6. The van der Waals surface area contributed by atoms with Crippen molar-refractivity contribution in [1.82, 2.24) is 3.97 Å². The predicted molar refractivity (Wildman–Crippen MR) is 135 cm³/mol. The Morgan fingerprint density at radius 3 is 2.06 bits per heavy atom. The highest BCUT2D eigenvalue weighted by atomic mass is 35.5. The lowest BCUT2D eigenvalue weighted by Gasteiger charge is -2.14. The Morgan fingerprint density at radius 1 is 0.829 bits per heavy atom. The maximum atomic E-state index is 13.4. The average Bonchev–Trinajstić information content (AvgIpc) is 3.16. The van der Waals surface area contributed by atoms with E-state index in [9.17, 15) is 21.6 Å². The van der Waals surface area contributed by atoms with E-state index in [1.54, 1.807) is 48.5 Å². The van der Waals surface area contributed by atoms with Crippen LogP contribution in [0.3, 0.4) is 0 Å². The smallest absolute Gasteiger partial charge is 0.268 e. The number of halogens is 1. The van der Waals surface area contributed by atoms with Gasteiger partial charge in [0, 0.05) is 21.8 Å². The van der Waals surface area contributed by atoms with Crippen molar-refractivity contribution in [2.24, 2.45) is 0 Å². The van der Waals surface area contributed by atoms with Gasteiger partial charge in [0.05, 0.1) is 16.3 Å². The molecule has 35 heavy (non-hydrogen) atoms. The standard InChI is InChI=1S/C25H21ClN2O5S2/c1-17-15-24(18(2)28(17)35(32,33)21-11-7-4-8-12-21)34(30,31)27-23-14-13-20(26)16-22(23)25(29)19-9-5-3-6-10-19/h3-16,27H,1-2H3. The van der Waals surface area contributed by atoms with E-state index in [0.29, 0.717) is 5.56 Å². The first-order valence-corrected chi connectivity index (χ1v) is 13.7. The maximum Gasteiger partial charge on any atom is 0.268 e. The number of aromatic nitrogens is 1. The number of sulfonamides is 1. The van der Waals surface area contributed by atoms with Gasteiger partial charge in [-0.2, -0.15) is 0 Å². The van der Waals surface area contributed by atoms with E-state index in [1.165, 1.54) is 50.2 Å². The van der Waals surface area contributed by atoms with Gasteiger partial charge in [-0.3, -0.25) is 9.52 Å². The number of benzene rings is 3. The SMILES string of the molecule is Cc1cc(S(=O)(=O)Nc2ccc(Cl)cc2C(=O)c2ccccc2)c(C)n1S(=O)(=O)c1ccccc1. The Bertz CT molecular complexity index is 1630. The van der Waals surface area contributed by atoms with Crippen molar-refractivity contribution in [3.8, 4) is 0 Å². The van der Waals surface area contributed by atoms with Gasteiger partial charge in [-0.25, -0.2) is 20.8 Å². The van der Waals surface area contributed by atoms with Crippen molar-refractivity contribution in [2.75, 3.05) is 4.72 Å². The van der Waals surface area contributed by atoms with Crippen LogP contribution in [0.1, 0.15) is 27.3 Å². The molecule has 0 saturated carbocycles. The molecule has 180 valence electrons. The normalized spacial score (nSPS) is 11.9. The molecule has 3 aromatic carbocycles. The van der Waals surface area contributed by atoms with E-state index in [-0.39, 0.29) is 37.5 Å². The Hall–Kier alpha value is -3.40. The monoisotopic (exact) mass is 528 g/mol. The number of rotatable bonds is 7. The van der Waals surface area contributed by atoms with Gasteiger partial charge in [-0.05, 0) is 50.2 Å². The maximum absolute atomic E-state index is 13.4. The third kappa shape index (κ3) is 4.75. The zero-order valence-corrected chi connectivity index (χ0v) is 21.2. The van der Waals surface area contributed by atoms with Crippen molar-refractivity contribution in [3.05, 3.63) is 112 Å². The van der Waals surface area contributed by atoms with Crippen LogP contribution in [-0.4, -0.2) is 26.6 Å². The number of nitrogens with one attached hydrogen (secondary N) is 1. The van der Waals surface area contributed by atoms with Gasteiger partial charge < -0.3 is 0 Å². The molecule has 0 aliphatic rings. The number of hydrogen-bond acceptors (Lipinski definition) is 5. The first kappa shape index (κ1) is 24.7. The summed E-state index contributed by atoms with van der Waals surface area (Å²) in [6.07, 6.45) is 0. The molecule has 1 N–H and O–H groups in total. The fraction of sp³-hybridized carbons (Fsp3) is 0.0800.